The number of methoxy groups -OCH3 is 1. The van der Waals surface area contributed by atoms with E-state index in [-0.39, 0.29) is 5.56 Å². The first-order valence-electron chi connectivity index (χ1n) is 3.71. The summed E-state index contributed by atoms with van der Waals surface area (Å²) in [5.41, 5.74) is 0.244. The maximum Gasteiger partial charge on any atom is 0.393 e. The summed E-state index contributed by atoms with van der Waals surface area (Å²) in [6, 6.07) is 5.85. The lowest BCUT2D eigenvalue weighted by molar-refractivity contribution is -0.127. The Morgan fingerprint density at radius 1 is 1.15 bits per heavy atom. The van der Waals surface area contributed by atoms with Gasteiger partial charge in [-0.2, -0.15) is 13.2 Å². The third-order valence-corrected chi connectivity index (χ3v) is 1.56. The third-order valence-electron chi connectivity index (χ3n) is 1.56. The Morgan fingerprint density at radius 2 is 1.69 bits per heavy atom. The van der Waals surface area contributed by atoms with E-state index in [0.717, 1.165) is 0 Å². The summed E-state index contributed by atoms with van der Waals surface area (Å²) in [7, 11) is 1.47. The molecule has 0 heterocycles. The van der Waals surface area contributed by atoms with Gasteiger partial charge in [0.1, 0.15) is 5.75 Å². The summed E-state index contributed by atoms with van der Waals surface area (Å²) >= 11 is 0. The van der Waals surface area contributed by atoms with Crippen molar-refractivity contribution < 1.29 is 17.9 Å². The lowest BCUT2D eigenvalue weighted by Gasteiger charge is -2.06. The topological polar surface area (TPSA) is 9.23 Å². The zero-order valence-electron chi connectivity index (χ0n) is 7.06. The van der Waals surface area contributed by atoms with Gasteiger partial charge in [-0.25, -0.2) is 0 Å². The number of ether oxygens (including phenoxy) is 1. The molecule has 1 nitrogen and oxygen atoms in total. The van der Waals surface area contributed by atoms with Crippen LogP contribution < -0.4 is 4.74 Å². The highest BCUT2D eigenvalue weighted by Gasteiger charge is 2.27. The molecule has 0 radical (unpaired) electrons. The molecule has 0 spiro atoms. The van der Waals surface area contributed by atoms with Gasteiger partial charge in [0.15, 0.2) is 0 Å². The van der Waals surface area contributed by atoms with E-state index >= 15 is 0 Å². The van der Waals surface area contributed by atoms with Crippen LogP contribution in [0.1, 0.15) is 5.56 Å². The standard InChI is InChI=1S/C9H9F3O/c1-13-8-4-2-7(3-5-8)6-9(10,11)12/h2-5H,6H2,1H3. The van der Waals surface area contributed by atoms with Crippen LogP contribution in [0.4, 0.5) is 13.2 Å². The van der Waals surface area contributed by atoms with Crippen LogP contribution in [-0.2, 0) is 6.42 Å². The zero-order chi connectivity index (χ0) is 9.90. The van der Waals surface area contributed by atoms with Crippen LogP contribution in [0.25, 0.3) is 0 Å². The van der Waals surface area contributed by atoms with Crippen LogP contribution in [0.2, 0.25) is 0 Å². The van der Waals surface area contributed by atoms with E-state index in [0.29, 0.717) is 5.75 Å². The van der Waals surface area contributed by atoms with Gasteiger partial charge in [0, 0.05) is 0 Å². The van der Waals surface area contributed by atoms with Crippen molar-refractivity contribution in [2.24, 2.45) is 0 Å². The predicted octanol–water partition coefficient (Wildman–Crippen LogP) is 2.80. The van der Waals surface area contributed by atoms with Crippen molar-refractivity contribution >= 4 is 0 Å². The van der Waals surface area contributed by atoms with Crippen LogP contribution in [-0.4, -0.2) is 13.3 Å². The first-order chi connectivity index (χ1) is 6.01. The van der Waals surface area contributed by atoms with Gasteiger partial charge in [0.05, 0.1) is 13.5 Å². The molecule has 0 saturated carbocycles. The second kappa shape index (κ2) is 3.68. The maximum absolute atomic E-state index is 11.9. The van der Waals surface area contributed by atoms with Crippen molar-refractivity contribution in [3.05, 3.63) is 29.8 Å². The van der Waals surface area contributed by atoms with Gasteiger partial charge in [-0.3, -0.25) is 0 Å². The second-order valence-corrected chi connectivity index (χ2v) is 2.64. The van der Waals surface area contributed by atoms with E-state index in [1.807, 2.05) is 0 Å². The van der Waals surface area contributed by atoms with E-state index in [9.17, 15) is 13.2 Å². The van der Waals surface area contributed by atoms with E-state index in [1.54, 1.807) is 0 Å². The van der Waals surface area contributed by atoms with Gasteiger partial charge in [0.2, 0.25) is 0 Å². The van der Waals surface area contributed by atoms with Gasteiger partial charge in [-0.1, -0.05) is 12.1 Å². The molecule has 0 bridgehead atoms. The minimum Gasteiger partial charge on any atom is -0.497 e. The summed E-state index contributed by atoms with van der Waals surface area (Å²) < 4.78 is 40.5. The van der Waals surface area contributed by atoms with Gasteiger partial charge >= 0.3 is 6.18 Å². The number of alkyl halides is 3. The average molecular weight is 190 g/mol. The first kappa shape index (κ1) is 9.89. The first-order valence-corrected chi connectivity index (χ1v) is 3.71. The molecule has 0 unspecified atom stereocenters. The second-order valence-electron chi connectivity index (χ2n) is 2.64. The van der Waals surface area contributed by atoms with Crippen molar-refractivity contribution in [3.8, 4) is 5.75 Å². The minimum atomic E-state index is -4.14. The molecule has 0 N–H and O–H groups in total. The van der Waals surface area contributed by atoms with Crippen LogP contribution >= 0.6 is 0 Å². The van der Waals surface area contributed by atoms with Crippen molar-refractivity contribution in [2.75, 3.05) is 7.11 Å². The maximum atomic E-state index is 11.9. The molecule has 1 aromatic rings. The summed E-state index contributed by atoms with van der Waals surface area (Å²) in [5, 5.41) is 0. The van der Waals surface area contributed by atoms with Crippen LogP contribution in [0.5, 0.6) is 5.75 Å². The fraction of sp³-hybridized carbons (Fsp3) is 0.333. The molecule has 0 atom stereocenters. The molecule has 1 aromatic carbocycles. The monoisotopic (exact) mass is 190 g/mol. The normalized spacial score (nSPS) is 11.4. The lowest BCUT2D eigenvalue weighted by atomic mass is 10.1. The molecule has 0 saturated heterocycles. The molecule has 0 aliphatic carbocycles. The summed E-state index contributed by atoms with van der Waals surface area (Å²) in [6.07, 6.45) is -5.04. The highest BCUT2D eigenvalue weighted by Crippen LogP contribution is 2.22. The average Bonchev–Trinajstić information content (AvgIpc) is 2.03. The van der Waals surface area contributed by atoms with E-state index in [2.05, 4.69) is 0 Å². The highest BCUT2D eigenvalue weighted by atomic mass is 19.4. The number of hydrogen-bond donors (Lipinski definition) is 0. The zero-order valence-corrected chi connectivity index (χ0v) is 7.06. The molecule has 0 aliphatic heterocycles. The van der Waals surface area contributed by atoms with Crippen molar-refractivity contribution in [3.63, 3.8) is 0 Å². The Balaban J connectivity index is 2.70. The molecule has 4 heteroatoms. The quantitative estimate of drug-likeness (QED) is 0.696. The van der Waals surface area contributed by atoms with Crippen molar-refractivity contribution in [1.29, 1.82) is 0 Å². The van der Waals surface area contributed by atoms with E-state index in [4.69, 9.17) is 4.74 Å². The molecule has 0 amide bonds. The fourth-order valence-electron chi connectivity index (χ4n) is 0.975. The Morgan fingerprint density at radius 3 is 2.08 bits per heavy atom. The fourth-order valence-corrected chi connectivity index (χ4v) is 0.975. The number of hydrogen-bond acceptors (Lipinski definition) is 1. The Bertz CT molecular complexity index is 263. The Hall–Kier alpha value is -1.19. The molecular weight excluding hydrogens is 181 g/mol. The predicted molar refractivity (Wildman–Crippen MR) is 42.8 cm³/mol. The molecule has 13 heavy (non-hydrogen) atoms. The van der Waals surface area contributed by atoms with Gasteiger partial charge in [-0.05, 0) is 17.7 Å². The molecule has 1 rings (SSSR count). The van der Waals surface area contributed by atoms with Crippen molar-refractivity contribution in [1.82, 2.24) is 0 Å². The van der Waals surface area contributed by atoms with Gasteiger partial charge in [0.25, 0.3) is 0 Å². The largest absolute Gasteiger partial charge is 0.497 e. The third kappa shape index (κ3) is 3.36. The molecule has 0 aromatic heterocycles. The number of rotatable bonds is 2. The highest BCUT2D eigenvalue weighted by molar-refractivity contribution is 5.27. The van der Waals surface area contributed by atoms with Crippen LogP contribution in [0.3, 0.4) is 0 Å². The molecule has 0 aliphatic rings. The van der Waals surface area contributed by atoms with Gasteiger partial charge < -0.3 is 4.74 Å². The summed E-state index contributed by atoms with van der Waals surface area (Å²) in [4.78, 5) is 0. The molecule has 72 valence electrons. The SMILES string of the molecule is COc1ccc(CC(F)(F)F)cc1. The molecule has 0 fully saturated rings. The Kier molecular flexibility index (Phi) is 2.80. The number of halogens is 3. The van der Waals surface area contributed by atoms with Crippen LogP contribution in [0, 0.1) is 0 Å². The lowest BCUT2D eigenvalue weighted by Crippen LogP contribution is -2.11. The number of benzene rings is 1. The van der Waals surface area contributed by atoms with E-state index in [1.165, 1.54) is 31.4 Å². The minimum absolute atomic E-state index is 0.244. The smallest absolute Gasteiger partial charge is 0.393 e. The Labute approximate surface area is 74.1 Å². The summed E-state index contributed by atoms with van der Waals surface area (Å²) in [5.74, 6) is 0.561. The van der Waals surface area contributed by atoms with E-state index < -0.39 is 12.6 Å². The summed E-state index contributed by atoms with van der Waals surface area (Å²) in [6.45, 7) is 0. The van der Waals surface area contributed by atoms with Crippen LogP contribution in [0.15, 0.2) is 24.3 Å². The molecular formula is C9H9F3O. The van der Waals surface area contributed by atoms with Crippen molar-refractivity contribution in [2.45, 2.75) is 12.6 Å². The van der Waals surface area contributed by atoms with Gasteiger partial charge in [-0.15, -0.1) is 0 Å².